The molecule has 0 atom stereocenters. The molecule has 0 heterocycles. The van der Waals surface area contributed by atoms with Crippen molar-refractivity contribution in [2.75, 3.05) is 13.2 Å². The third-order valence-electron chi connectivity index (χ3n) is 3.40. The third-order valence-corrected chi connectivity index (χ3v) is 4.87. The van der Waals surface area contributed by atoms with E-state index in [2.05, 4.69) is 4.72 Å². The monoisotopic (exact) mass is 366 g/mol. The number of hydrogen-bond donors (Lipinski definition) is 1. The molecule has 0 aromatic heterocycles. The van der Waals surface area contributed by atoms with Crippen LogP contribution in [0.25, 0.3) is 0 Å². The molecular weight excluding hydrogens is 349 g/mol. The van der Waals surface area contributed by atoms with Crippen molar-refractivity contribution >= 4 is 16.0 Å². The molecule has 0 aliphatic heterocycles. The van der Waals surface area contributed by atoms with E-state index in [1.165, 1.54) is 0 Å². The highest BCUT2D eigenvalue weighted by Crippen LogP contribution is 2.17. The summed E-state index contributed by atoms with van der Waals surface area (Å²) < 4.78 is 45.7. The SMILES string of the molecule is CCOc1ccc(CCNS(=O)(=O)c2cc(C(=O)[O-])ccc2F)cc1. The van der Waals surface area contributed by atoms with E-state index in [4.69, 9.17) is 4.74 Å². The smallest absolute Gasteiger partial charge is 0.243 e. The Hall–Kier alpha value is -2.45. The van der Waals surface area contributed by atoms with Crippen LogP contribution in [0.5, 0.6) is 5.75 Å². The maximum absolute atomic E-state index is 13.7. The van der Waals surface area contributed by atoms with Gasteiger partial charge in [-0.05, 0) is 48.7 Å². The molecule has 0 spiro atoms. The molecule has 0 fully saturated rings. The fourth-order valence-electron chi connectivity index (χ4n) is 2.16. The molecule has 1 N–H and O–H groups in total. The standard InChI is InChI=1S/C17H18FNO5S/c1-2-24-14-6-3-12(4-7-14)9-10-19-25(22,23)16-11-13(17(20)21)5-8-15(16)18/h3-8,11,19H,2,9-10H2,1H3,(H,20,21)/p-1. The number of nitrogens with one attached hydrogen (secondary N) is 1. The second kappa shape index (κ2) is 8.09. The molecule has 0 aliphatic rings. The van der Waals surface area contributed by atoms with E-state index in [0.29, 0.717) is 18.8 Å². The molecule has 0 bridgehead atoms. The molecule has 6 nitrogen and oxygen atoms in total. The van der Waals surface area contributed by atoms with Crippen LogP contribution < -0.4 is 14.6 Å². The lowest BCUT2D eigenvalue weighted by atomic mass is 10.1. The molecule has 0 unspecified atom stereocenters. The highest BCUT2D eigenvalue weighted by atomic mass is 32.2. The van der Waals surface area contributed by atoms with Crippen LogP contribution in [-0.4, -0.2) is 27.5 Å². The number of halogens is 1. The lowest BCUT2D eigenvalue weighted by Crippen LogP contribution is -2.28. The first-order valence-corrected chi connectivity index (χ1v) is 9.04. The van der Waals surface area contributed by atoms with Gasteiger partial charge in [-0.2, -0.15) is 0 Å². The number of carbonyl (C=O) groups is 1. The summed E-state index contributed by atoms with van der Waals surface area (Å²) in [6.45, 7) is 2.46. The molecule has 2 aromatic rings. The normalized spacial score (nSPS) is 11.3. The number of benzene rings is 2. The van der Waals surface area contributed by atoms with Gasteiger partial charge in [0.05, 0.1) is 12.6 Å². The molecule has 134 valence electrons. The molecule has 25 heavy (non-hydrogen) atoms. The topological polar surface area (TPSA) is 95.5 Å². The van der Waals surface area contributed by atoms with E-state index in [1.807, 2.05) is 6.92 Å². The molecule has 0 amide bonds. The number of hydrogen-bond acceptors (Lipinski definition) is 5. The fourth-order valence-corrected chi connectivity index (χ4v) is 3.30. The van der Waals surface area contributed by atoms with E-state index < -0.39 is 32.3 Å². The Balaban J connectivity index is 2.04. The van der Waals surface area contributed by atoms with Crippen LogP contribution in [0, 0.1) is 5.82 Å². The average Bonchev–Trinajstić information content (AvgIpc) is 2.56. The quantitative estimate of drug-likeness (QED) is 0.755. The first-order valence-electron chi connectivity index (χ1n) is 7.56. The molecule has 2 rings (SSSR count). The summed E-state index contributed by atoms with van der Waals surface area (Å²) >= 11 is 0. The molecule has 0 radical (unpaired) electrons. The number of aromatic carboxylic acids is 1. The van der Waals surface area contributed by atoms with Gasteiger partial charge in [0.1, 0.15) is 16.5 Å². The van der Waals surface area contributed by atoms with E-state index in [1.54, 1.807) is 24.3 Å². The predicted octanol–water partition coefficient (Wildman–Crippen LogP) is 1.11. The highest BCUT2D eigenvalue weighted by Gasteiger charge is 2.19. The molecule has 2 aromatic carbocycles. The van der Waals surface area contributed by atoms with Crippen LogP contribution in [-0.2, 0) is 16.4 Å². The van der Waals surface area contributed by atoms with Crippen molar-refractivity contribution in [3.63, 3.8) is 0 Å². The van der Waals surface area contributed by atoms with Crippen LogP contribution in [0.15, 0.2) is 47.4 Å². The Labute approximate surface area is 145 Å². The van der Waals surface area contributed by atoms with Gasteiger partial charge in [-0.3, -0.25) is 0 Å². The van der Waals surface area contributed by atoms with Crippen LogP contribution in [0.1, 0.15) is 22.8 Å². The van der Waals surface area contributed by atoms with E-state index in [9.17, 15) is 22.7 Å². The van der Waals surface area contributed by atoms with Gasteiger partial charge in [0.25, 0.3) is 0 Å². The van der Waals surface area contributed by atoms with E-state index in [0.717, 1.165) is 23.8 Å². The van der Waals surface area contributed by atoms with Gasteiger partial charge >= 0.3 is 0 Å². The first-order chi connectivity index (χ1) is 11.8. The summed E-state index contributed by atoms with van der Waals surface area (Å²) in [6.07, 6.45) is 0.382. The highest BCUT2D eigenvalue weighted by molar-refractivity contribution is 7.89. The molecule has 0 aliphatic carbocycles. The van der Waals surface area contributed by atoms with Crippen molar-refractivity contribution in [3.05, 3.63) is 59.4 Å². The van der Waals surface area contributed by atoms with Crippen LogP contribution >= 0.6 is 0 Å². The zero-order valence-electron chi connectivity index (χ0n) is 13.5. The van der Waals surface area contributed by atoms with Gasteiger partial charge in [-0.1, -0.05) is 18.2 Å². The minimum absolute atomic E-state index is 0.0330. The zero-order valence-corrected chi connectivity index (χ0v) is 14.3. The summed E-state index contributed by atoms with van der Waals surface area (Å²) in [5.41, 5.74) is 0.461. The first kappa shape index (κ1) is 18.9. The van der Waals surface area contributed by atoms with Gasteiger partial charge in [-0.15, -0.1) is 0 Å². The number of ether oxygens (including phenoxy) is 1. The Kier molecular flexibility index (Phi) is 6.11. The minimum atomic E-state index is -4.17. The van der Waals surface area contributed by atoms with Crippen molar-refractivity contribution in [1.82, 2.24) is 4.72 Å². The van der Waals surface area contributed by atoms with Crippen LogP contribution in [0.3, 0.4) is 0 Å². The summed E-state index contributed by atoms with van der Waals surface area (Å²) in [6, 6.07) is 9.62. The van der Waals surface area contributed by atoms with Crippen molar-refractivity contribution in [2.45, 2.75) is 18.2 Å². The number of carboxylic acid groups (broad SMARTS) is 1. The maximum atomic E-state index is 13.7. The second-order valence-corrected chi connectivity index (χ2v) is 6.89. The van der Waals surface area contributed by atoms with Crippen molar-refractivity contribution in [2.24, 2.45) is 0 Å². The molecule has 0 saturated heterocycles. The van der Waals surface area contributed by atoms with Gasteiger partial charge in [0.2, 0.25) is 10.0 Å². The van der Waals surface area contributed by atoms with Crippen molar-refractivity contribution in [3.8, 4) is 5.75 Å². The zero-order chi connectivity index (χ0) is 18.4. The summed E-state index contributed by atoms with van der Waals surface area (Å²) in [5.74, 6) is -1.89. The van der Waals surface area contributed by atoms with Crippen molar-refractivity contribution < 1.29 is 27.4 Å². The number of carbonyl (C=O) groups excluding carboxylic acids is 1. The largest absolute Gasteiger partial charge is 0.545 e. The minimum Gasteiger partial charge on any atom is -0.545 e. The number of rotatable bonds is 8. The Morgan fingerprint density at radius 3 is 2.48 bits per heavy atom. The van der Waals surface area contributed by atoms with Gasteiger partial charge in [-0.25, -0.2) is 17.5 Å². The Morgan fingerprint density at radius 1 is 1.20 bits per heavy atom. The van der Waals surface area contributed by atoms with Gasteiger partial charge in [0.15, 0.2) is 0 Å². The summed E-state index contributed by atoms with van der Waals surface area (Å²) in [7, 11) is -4.17. The Bertz CT molecular complexity index is 850. The fraction of sp³-hybridized carbons (Fsp3) is 0.235. The van der Waals surface area contributed by atoms with E-state index in [-0.39, 0.29) is 6.54 Å². The van der Waals surface area contributed by atoms with Crippen LogP contribution in [0.2, 0.25) is 0 Å². The van der Waals surface area contributed by atoms with Gasteiger partial charge < -0.3 is 14.6 Å². The van der Waals surface area contributed by atoms with Gasteiger partial charge in [0, 0.05) is 6.54 Å². The van der Waals surface area contributed by atoms with E-state index >= 15 is 0 Å². The number of sulfonamides is 1. The second-order valence-electron chi connectivity index (χ2n) is 5.16. The molecule has 0 saturated carbocycles. The Morgan fingerprint density at radius 2 is 1.88 bits per heavy atom. The molecular formula is C17H17FNO5S-. The average molecular weight is 366 g/mol. The molecule has 8 heteroatoms. The maximum Gasteiger partial charge on any atom is 0.243 e. The summed E-state index contributed by atoms with van der Waals surface area (Å²) in [4.78, 5) is 10.1. The lowest BCUT2D eigenvalue weighted by molar-refractivity contribution is -0.255. The van der Waals surface area contributed by atoms with Crippen LogP contribution in [0.4, 0.5) is 4.39 Å². The van der Waals surface area contributed by atoms with Crippen molar-refractivity contribution in [1.29, 1.82) is 0 Å². The summed E-state index contributed by atoms with van der Waals surface area (Å²) in [5, 5.41) is 10.8. The number of carboxylic acids is 1. The predicted molar refractivity (Wildman–Crippen MR) is 87.2 cm³/mol. The lowest BCUT2D eigenvalue weighted by Gasteiger charge is -2.10. The third kappa shape index (κ3) is 5.01.